The molecular formula is C14H13BrClNS. The fraction of sp³-hybridized carbons (Fsp3) is 0.143. The van der Waals surface area contributed by atoms with Gasteiger partial charge in [0.2, 0.25) is 0 Å². The number of nitrogens with two attached hydrogens (primary N) is 1. The topological polar surface area (TPSA) is 26.0 Å². The van der Waals surface area contributed by atoms with Crippen molar-refractivity contribution in [3.63, 3.8) is 0 Å². The Labute approximate surface area is 125 Å². The van der Waals surface area contributed by atoms with E-state index in [-0.39, 0.29) is 5.25 Å². The van der Waals surface area contributed by atoms with Crippen molar-refractivity contribution in [1.82, 2.24) is 0 Å². The van der Waals surface area contributed by atoms with E-state index in [1.807, 2.05) is 30.3 Å². The lowest BCUT2D eigenvalue weighted by Gasteiger charge is -2.15. The van der Waals surface area contributed by atoms with E-state index >= 15 is 0 Å². The highest BCUT2D eigenvalue weighted by atomic mass is 79.9. The van der Waals surface area contributed by atoms with Gasteiger partial charge in [0, 0.05) is 26.2 Å². The largest absolute Gasteiger partial charge is 0.329 e. The van der Waals surface area contributed by atoms with Gasteiger partial charge in [0.05, 0.1) is 0 Å². The molecule has 1 atom stereocenters. The molecule has 0 saturated heterocycles. The molecule has 0 bridgehead atoms. The summed E-state index contributed by atoms with van der Waals surface area (Å²) in [5.41, 5.74) is 7.09. The van der Waals surface area contributed by atoms with Gasteiger partial charge < -0.3 is 5.73 Å². The van der Waals surface area contributed by atoms with Gasteiger partial charge in [-0.05, 0) is 35.9 Å². The predicted octanol–water partition coefficient (Wildman–Crippen LogP) is 4.89. The monoisotopic (exact) mass is 341 g/mol. The van der Waals surface area contributed by atoms with Crippen molar-refractivity contribution in [3.05, 3.63) is 63.6 Å². The summed E-state index contributed by atoms with van der Waals surface area (Å²) in [6, 6.07) is 16.1. The third kappa shape index (κ3) is 3.75. The maximum absolute atomic E-state index is 5.99. The Morgan fingerprint density at radius 2 is 1.94 bits per heavy atom. The van der Waals surface area contributed by atoms with Crippen LogP contribution in [-0.2, 0) is 0 Å². The van der Waals surface area contributed by atoms with E-state index in [4.69, 9.17) is 17.3 Å². The number of rotatable bonds is 4. The van der Waals surface area contributed by atoms with Crippen LogP contribution in [0.15, 0.2) is 57.9 Å². The van der Waals surface area contributed by atoms with Crippen LogP contribution in [-0.4, -0.2) is 6.54 Å². The normalized spacial score (nSPS) is 12.4. The molecule has 18 heavy (non-hydrogen) atoms. The summed E-state index contributed by atoms with van der Waals surface area (Å²) in [6.07, 6.45) is 0. The Morgan fingerprint density at radius 3 is 2.61 bits per heavy atom. The van der Waals surface area contributed by atoms with Gasteiger partial charge in [-0.1, -0.05) is 45.7 Å². The van der Waals surface area contributed by atoms with Crippen LogP contribution in [0.1, 0.15) is 10.8 Å². The molecule has 2 aromatic carbocycles. The number of hydrogen-bond donors (Lipinski definition) is 1. The summed E-state index contributed by atoms with van der Waals surface area (Å²) in [4.78, 5) is 1.14. The Hall–Kier alpha value is -0.480. The predicted molar refractivity (Wildman–Crippen MR) is 83.2 cm³/mol. The number of halogens is 2. The molecule has 2 N–H and O–H groups in total. The molecule has 0 aliphatic heterocycles. The smallest absolute Gasteiger partial charge is 0.0467 e. The van der Waals surface area contributed by atoms with Crippen molar-refractivity contribution in [2.24, 2.45) is 5.73 Å². The zero-order valence-corrected chi connectivity index (χ0v) is 12.8. The number of thioether (sulfide) groups is 1. The second-order valence-corrected chi connectivity index (χ2v) is 6.48. The molecule has 0 amide bonds. The van der Waals surface area contributed by atoms with Crippen LogP contribution < -0.4 is 5.73 Å². The zero-order valence-electron chi connectivity index (χ0n) is 9.64. The molecule has 1 unspecified atom stereocenters. The lowest BCUT2D eigenvalue weighted by molar-refractivity contribution is 0.940. The van der Waals surface area contributed by atoms with Crippen LogP contribution in [0.5, 0.6) is 0 Å². The second-order valence-electron chi connectivity index (χ2n) is 3.85. The summed E-state index contributed by atoms with van der Waals surface area (Å²) in [5.74, 6) is 0. The van der Waals surface area contributed by atoms with Crippen molar-refractivity contribution in [2.45, 2.75) is 10.1 Å². The second kappa shape index (κ2) is 6.62. The van der Waals surface area contributed by atoms with E-state index in [2.05, 4.69) is 34.1 Å². The van der Waals surface area contributed by atoms with Gasteiger partial charge in [0.15, 0.2) is 0 Å². The molecule has 0 aromatic heterocycles. The molecule has 1 nitrogen and oxygen atoms in total. The van der Waals surface area contributed by atoms with Gasteiger partial charge in [0.25, 0.3) is 0 Å². The van der Waals surface area contributed by atoms with Gasteiger partial charge in [0.1, 0.15) is 0 Å². The third-order valence-electron chi connectivity index (χ3n) is 2.51. The van der Waals surface area contributed by atoms with E-state index in [0.717, 1.165) is 14.4 Å². The fourth-order valence-electron chi connectivity index (χ4n) is 1.66. The Balaban J connectivity index is 2.19. The lowest BCUT2D eigenvalue weighted by Crippen LogP contribution is -2.09. The number of hydrogen-bond acceptors (Lipinski definition) is 2. The lowest BCUT2D eigenvalue weighted by atomic mass is 10.1. The average molecular weight is 343 g/mol. The maximum atomic E-state index is 5.99. The Bertz CT molecular complexity index is 533. The summed E-state index contributed by atoms with van der Waals surface area (Å²) in [5, 5.41) is 0.992. The van der Waals surface area contributed by atoms with Gasteiger partial charge >= 0.3 is 0 Å². The minimum Gasteiger partial charge on any atom is -0.329 e. The fourth-order valence-corrected chi connectivity index (χ4v) is 3.40. The molecule has 0 heterocycles. The summed E-state index contributed by atoms with van der Waals surface area (Å²) >= 11 is 11.2. The Kier molecular flexibility index (Phi) is 5.13. The molecule has 0 aliphatic rings. The van der Waals surface area contributed by atoms with E-state index in [9.17, 15) is 0 Å². The molecular weight excluding hydrogens is 330 g/mol. The van der Waals surface area contributed by atoms with Crippen LogP contribution in [0.25, 0.3) is 0 Å². The molecule has 4 heteroatoms. The van der Waals surface area contributed by atoms with Crippen molar-refractivity contribution >= 4 is 39.3 Å². The van der Waals surface area contributed by atoms with Gasteiger partial charge in [-0.3, -0.25) is 0 Å². The van der Waals surface area contributed by atoms with E-state index in [1.54, 1.807) is 11.8 Å². The molecule has 0 fully saturated rings. The van der Waals surface area contributed by atoms with Crippen molar-refractivity contribution in [1.29, 1.82) is 0 Å². The van der Waals surface area contributed by atoms with Crippen molar-refractivity contribution < 1.29 is 0 Å². The standard InChI is InChI=1S/C14H13BrClNS/c15-11-4-1-3-10(7-11)14(9-17)18-13-6-2-5-12(16)8-13/h1-8,14H,9,17H2. The zero-order chi connectivity index (χ0) is 13.0. The summed E-state index contributed by atoms with van der Waals surface area (Å²) < 4.78 is 1.07. The SMILES string of the molecule is NCC(Sc1cccc(Cl)c1)c1cccc(Br)c1. The first kappa shape index (κ1) is 13.9. The Morgan fingerprint density at radius 1 is 1.17 bits per heavy atom. The first-order valence-electron chi connectivity index (χ1n) is 5.57. The van der Waals surface area contributed by atoms with Crippen LogP contribution in [0, 0.1) is 0 Å². The average Bonchev–Trinajstić information content (AvgIpc) is 2.36. The highest BCUT2D eigenvalue weighted by Gasteiger charge is 2.11. The molecule has 0 aliphatic carbocycles. The molecule has 2 rings (SSSR count). The first-order valence-corrected chi connectivity index (χ1v) is 7.62. The van der Waals surface area contributed by atoms with Crippen LogP contribution in [0.4, 0.5) is 0 Å². The highest BCUT2D eigenvalue weighted by molar-refractivity contribution is 9.10. The molecule has 0 saturated carbocycles. The van der Waals surface area contributed by atoms with Crippen LogP contribution in [0.2, 0.25) is 5.02 Å². The van der Waals surface area contributed by atoms with E-state index in [1.165, 1.54) is 5.56 Å². The maximum Gasteiger partial charge on any atom is 0.0467 e. The number of benzene rings is 2. The minimum absolute atomic E-state index is 0.237. The van der Waals surface area contributed by atoms with Crippen LogP contribution in [0.3, 0.4) is 0 Å². The van der Waals surface area contributed by atoms with Gasteiger partial charge in [-0.15, -0.1) is 11.8 Å². The summed E-state index contributed by atoms with van der Waals surface area (Å²) in [6.45, 7) is 0.591. The van der Waals surface area contributed by atoms with Crippen LogP contribution >= 0.6 is 39.3 Å². The van der Waals surface area contributed by atoms with E-state index in [0.29, 0.717) is 6.54 Å². The first-order chi connectivity index (χ1) is 8.69. The molecule has 2 aromatic rings. The van der Waals surface area contributed by atoms with Gasteiger partial charge in [-0.25, -0.2) is 0 Å². The molecule has 0 radical (unpaired) electrons. The van der Waals surface area contributed by atoms with Gasteiger partial charge in [-0.2, -0.15) is 0 Å². The molecule has 0 spiro atoms. The molecule has 94 valence electrons. The highest BCUT2D eigenvalue weighted by Crippen LogP contribution is 2.36. The quantitative estimate of drug-likeness (QED) is 0.800. The minimum atomic E-state index is 0.237. The summed E-state index contributed by atoms with van der Waals surface area (Å²) in [7, 11) is 0. The third-order valence-corrected chi connectivity index (χ3v) is 4.51. The van der Waals surface area contributed by atoms with Crippen molar-refractivity contribution in [3.8, 4) is 0 Å². The van der Waals surface area contributed by atoms with E-state index < -0.39 is 0 Å². The van der Waals surface area contributed by atoms with Crippen molar-refractivity contribution in [2.75, 3.05) is 6.54 Å².